The van der Waals surface area contributed by atoms with Crippen molar-refractivity contribution in [1.29, 1.82) is 0 Å². The van der Waals surface area contributed by atoms with E-state index in [2.05, 4.69) is 13.8 Å². The Hall–Kier alpha value is -0.920. The van der Waals surface area contributed by atoms with Gasteiger partial charge < -0.3 is 0 Å². The molecule has 96 valence electrons. The summed E-state index contributed by atoms with van der Waals surface area (Å²) in [7, 11) is 0. The van der Waals surface area contributed by atoms with Crippen molar-refractivity contribution in [1.82, 2.24) is 0 Å². The quantitative estimate of drug-likeness (QED) is 0.621. The van der Waals surface area contributed by atoms with Crippen LogP contribution in [0, 0.1) is 17.6 Å². The van der Waals surface area contributed by atoms with Gasteiger partial charge in [-0.15, -0.1) is 0 Å². The summed E-state index contributed by atoms with van der Waals surface area (Å²) in [5.41, 5.74) is 0.266. The Kier molecular flexibility index (Phi) is 6.17. The summed E-state index contributed by atoms with van der Waals surface area (Å²) in [4.78, 5) is 0. The Morgan fingerprint density at radius 1 is 1.00 bits per heavy atom. The van der Waals surface area contributed by atoms with Crippen molar-refractivity contribution in [2.45, 2.75) is 52.4 Å². The molecule has 1 aromatic carbocycles. The summed E-state index contributed by atoms with van der Waals surface area (Å²) in [6, 6.07) is 4.12. The average Bonchev–Trinajstić information content (AvgIpc) is 2.31. The number of benzene rings is 1. The molecule has 0 amide bonds. The van der Waals surface area contributed by atoms with Gasteiger partial charge in [-0.3, -0.25) is 0 Å². The molecule has 1 atom stereocenters. The molecule has 0 aliphatic heterocycles. The van der Waals surface area contributed by atoms with Gasteiger partial charge in [-0.1, -0.05) is 52.0 Å². The molecule has 1 rings (SSSR count). The van der Waals surface area contributed by atoms with Gasteiger partial charge in [0.15, 0.2) is 0 Å². The molecule has 2 heteroatoms. The van der Waals surface area contributed by atoms with Crippen molar-refractivity contribution in [3.8, 4) is 0 Å². The molecule has 0 heterocycles. The number of rotatable bonds is 7. The molecule has 0 aromatic heterocycles. The van der Waals surface area contributed by atoms with Crippen LogP contribution in [-0.4, -0.2) is 0 Å². The van der Waals surface area contributed by atoms with Crippen LogP contribution in [0.5, 0.6) is 0 Å². The van der Waals surface area contributed by atoms with Gasteiger partial charge in [0, 0.05) is 5.56 Å². The maximum Gasteiger partial charge on any atom is 0.129 e. The Bertz CT molecular complexity index is 313. The summed E-state index contributed by atoms with van der Waals surface area (Å²) in [5.74, 6) is -0.392. The second kappa shape index (κ2) is 7.41. The zero-order valence-corrected chi connectivity index (χ0v) is 10.8. The molecule has 0 aliphatic carbocycles. The van der Waals surface area contributed by atoms with Crippen LogP contribution in [-0.2, 0) is 6.42 Å². The molecule has 0 saturated carbocycles. The van der Waals surface area contributed by atoms with Crippen LogP contribution in [0.3, 0.4) is 0 Å². The van der Waals surface area contributed by atoms with E-state index in [9.17, 15) is 8.78 Å². The van der Waals surface area contributed by atoms with Gasteiger partial charge in [0.25, 0.3) is 0 Å². The minimum atomic E-state index is -0.400. The highest BCUT2D eigenvalue weighted by Crippen LogP contribution is 2.23. The lowest BCUT2D eigenvalue weighted by Gasteiger charge is -2.16. The van der Waals surface area contributed by atoms with E-state index >= 15 is 0 Å². The number of halogens is 2. The molecular weight excluding hydrogens is 218 g/mol. The van der Waals surface area contributed by atoms with Crippen molar-refractivity contribution in [2.75, 3.05) is 0 Å². The smallest absolute Gasteiger partial charge is 0.129 e. The normalized spacial score (nSPS) is 12.7. The molecule has 0 bridgehead atoms. The van der Waals surface area contributed by atoms with Gasteiger partial charge >= 0.3 is 0 Å². The van der Waals surface area contributed by atoms with Crippen LogP contribution in [0.4, 0.5) is 8.78 Å². The van der Waals surface area contributed by atoms with E-state index in [1.165, 1.54) is 18.2 Å². The number of unbranched alkanes of at least 4 members (excludes halogenated alkanes) is 1. The Labute approximate surface area is 103 Å². The van der Waals surface area contributed by atoms with E-state index in [1.807, 2.05) is 0 Å². The van der Waals surface area contributed by atoms with Gasteiger partial charge in [-0.05, 0) is 24.5 Å². The monoisotopic (exact) mass is 240 g/mol. The van der Waals surface area contributed by atoms with Crippen molar-refractivity contribution in [2.24, 2.45) is 5.92 Å². The van der Waals surface area contributed by atoms with E-state index in [-0.39, 0.29) is 5.56 Å². The van der Waals surface area contributed by atoms with E-state index < -0.39 is 11.6 Å². The van der Waals surface area contributed by atoms with Crippen LogP contribution in [0.1, 0.15) is 51.5 Å². The number of hydrogen-bond acceptors (Lipinski definition) is 0. The van der Waals surface area contributed by atoms with Crippen LogP contribution in [0.25, 0.3) is 0 Å². The zero-order valence-electron chi connectivity index (χ0n) is 10.8. The van der Waals surface area contributed by atoms with E-state index in [0.717, 1.165) is 32.1 Å². The highest BCUT2D eigenvalue weighted by Gasteiger charge is 2.14. The van der Waals surface area contributed by atoms with Crippen LogP contribution >= 0.6 is 0 Å². The zero-order chi connectivity index (χ0) is 12.7. The molecule has 0 fully saturated rings. The fourth-order valence-corrected chi connectivity index (χ4v) is 2.27. The fraction of sp³-hybridized carbons (Fsp3) is 0.600. The third kappa shape index (κ3) is 4.45. The average molecular weight is 240 g/mol. The van der Waals surface area contributed by atoms with Crippen molar-refractivity contribution >= 4 is 0 Å². The van der Waals surface area contributed by atoms with Crippen molar-refractivity contribution in [3.63, 3.8) is 0 Å². The van der Waals surface area contributed by atoms with Gasteiger partial charge in [0.05, 0.1) is 0 Å². The largest absolute Gasteiger partial charge is 0.207 e. The minimum Gasteiger partial charge on any atom is -0.207 e. The van der Waals surface area contributed by atoms with Gasteiger partial charge in [0.2, 0.25) is 0 Å². The molecule has 1 unspecified atom stereocenters. The molecule has 0 nitrogen and oxygen atoms in total. The molecule has 0 spiro atoms. The molecule has 0 radical (unpaired) electrons. The Morgan fingerprint density at radius 3 is 2.18 bits per heavy atom. The molecule has 1 aromatic rings. The summed E-state index contributed by atoms with van der Waals surface area (Å²) >= 11 is 0. The van der Waals surface area contributed by atoms with Gasteiger partial charge in [-0.25, -0.2) is 8.78 Å². The van der Waals surface area contributed by atoms with Crippen LogP contribution in [0.15, 0.2) is 18.2 Å². The fourth-order valence-electron chi connectivity index (χ4n) is 2.27. The van der Waals surface area contributed by atoms with E-state index in [0.29, 0.717) is 12.3 Å². The first-order valence-electron chi connectivity index (χ1n) is 6.61. The maximum atomic E-state index is 13.5. The van der Waals surface area contributed by atoms with Crippen molar-refractivity contribution < 1.29 is 8.78 Å². The third-order valence-electron chi connectivity index (χ3n) is 3.22. The number of hydrogen-bond donors (Lipinski definition) is 0. The second-order valence-electron chi connectivity index (χ2n) is 4.70. The summed E-state index contributed by atoms with van der Waals surface area (Å²) in [6.45, 7) is 4.27. The van der Waals surface area contributed by atoms with Gasteiger partial charge in [-0.2, -0.15) is 0 Å². The summed E-state index contributed by atoms with van der Waals surface area (Å²) in [6.07, 6.45) is 6.00. The molecular formula is C15H22F2. The molecule has 17 heavy (non-hydrogen) atoms. The summed E-state index contributed by atoms with van der Waals surface area (Å²) < 4.78 is 27.1. The lowest BCUT2D eigenvalue weighted by atomic mass is 9.90. The topological polar surface area (TPSA) is 0 Å². The predicted octanol–water partition coefficient (Wildman–Crippen LogP) is 5.11. The van der Waals surface area contributed by atoms with Crippen LogP contribution in [0.2, 0.25) is 0 Å². The first kappa shape index (κ1) is 14.1. The first-order valence-corrected chi connectivity index (χ1v) is 6.61. The highest BCUT2D eigenvalue weighted by molar-refractivity contribution is 5.20. The maximum absolute atomic E-state index is 13.5. The predicted molar refractivity (Wildman–Crippen MR) is 68.0 cm³/mol. The highest BCUT2D eigenvalue weighted by atomic mass is 19.1. The van der Waals surface area contributed by atoms with Crippen LogP contribution < -0.4 is 0 Å². The minimum absolute atomic E-state index is 0.266. The Balaban J connectivity index is 2.70. The second-order valence-corrected chi connectivity index (χ2v) is 4.70. The molecule has 0 saturated heterocycles. The lowest BCUT2D eigenvalue weighted by Crippen LogP contribution is -2.08. The van der Waals surface area contributed by atoms with Crippen molar-refractivity contribution in [3.05, 3.63) is 35.4 Å². The molecule has 0 aliphatic rings. The summed E-state index contributed by atoms with van der Waals surface area (Å²) in [5, 5.41) is 0. The molecule has 0 N–H and O–H groups in total. The standard InChI is InChI=1S/C15H22F2/c1-3-5-8-12(7-4-2)11-13-14(16)9-6-10-15(13)17/h6,9-10,12H,3-5,7-8,11H2,1-2H3. The van der Waals surface area contributed by atoms with E-state index in [4.69, 9.17) is 0 Å². The van der Waals surface area contributed by atoms with E-state index in [1.54, 1.807) is 0 Å². The Morgan fingerprint density at radius 2 is 1.65 bits per heavy atom. The first-order chi connectivity index (χ1) is 8.19. The van der Waals surface area contributed by atoms with Gasteiger partial charge in [0.1, 0.15) is 11.6 Å². The third-order valence-corrected chi connectivity index (χ3v) is 3.22. The SMILES string of the molecule is CCCCC(CCC)Cc1c(F)cccc1F. The lowest BCUT2D eigenvalue weighted by molar-refractivity contribution is 0.410.